The van der Waals surface area contributed by atoms with Crippen molar-refractivity contribution in [2.24, 2.45) is 29.6 Å². The van der Waals surface area contributed by atoms with Gasteiger partial charge in [0.1, 0.15) is 5.78 Å². The molecule has 0 N–H and O–H groups in total. The highest BCUT2D eigenvalue weighted by Gasteiger charge is 2.50. The van der Waals surface area contributed by atoms with Gasteiger partial charge in [-0.3, -0.25) is 9.78 Å². The number of pyridine rings is 1. The van der Waals surface area contributed by atoms with Crippen LogP contribution in [0.25, 0.3) is 0 Å². The van der Waals surface area contributed by atoms with Crippen LogP contribution in [0, 0.1) is 29.6 Å². The minimum Gasteiger partial charge on any atom is -0.299 e. The van der Waals surface area contributed by atoms with Crippen LogP contribution in [0.4, 0.5) is 0 Å². The van der Waals surface area contributed by atoms with Crippen LogP contribution in [-0.2, 0) is 11.2 Å². The van der Waals surface area contributed by atoms with Gasteiger partial charge in [0.05, 0.1) is 0 Å². The third-order valence-corrected chi connectivity index (χ3v) is 5.68. The fraction of sp³-hybridized carbons (Fsp3) is 0.647. The summed E-state index contributed by atoms with van der Waals surface area (Å²) in [5, 5.41) is 0. The van der Waals surface area contributed by atoms with Crippen LogP contribution in [0.15, 0.2) is 24.4 Å². The normalized spacial score (nSPS) is 39.5. The summed E-state index contributed by atoms with van der Waals surface area (Å²) in [7, 11) is 0. The van der Waals surface area contributed by atoms with E-state index in [0.29, 0.717) is 30.0 Å². The first kappa shape index (κ1) is 11.6. The van der Waals surface area contributed by atoms with Gasteiger partial charge in [-0.25, -0.2) is 0 Å². The van der Waals surface area contributed by atoms with Crippen molar-refractivity contribution in [1.82, 2.24) is 4.98 Å². The summed E-state index contributed by atoms with van der Waals surface area (Å²) in [6.45, 7) is 0. The van der Waals surface area contributed by atoms with Gasteiger partial charge < -0.3 is 0 Å². The zero-order valence-corrected chi connectivity index (χ0v) is 11.3. The second-order valence-corrected chi connectivity index (χ2v) is 6.92. The van der Waals surface area contributed by atoms with Gasteiger partial charge in [-0.2, -0.15) is 0 Å². The Balaban J connectivity index is 1.51. The van der Waals surface area contributed by atoms with E-state index in [-0.39, 0.29) is 0 Å². The highest BCUT2D eigenvalue weighted by Crippen LogP contribution is 2.56. The molecule has 4 aliphatic carbocycles. The van der Waals surface area contributed by atoms with Crippen molar-refractivity contribution in [2.75, 3.05) is 0 Å². The number of hydrogen-bond acceptors (Lipinski definition) is 2. The van der Waals surface area contributed by atoms with Crippen molar-refractivity contribution in [1.29, 1.82) is 0 Å². The van der Waals surface area contributed by atoms with E-state index in [1.165, 1.54) is 32.1 Å². The molecule has 100 valence electrons. The van der Waals surface area contributed by atoms with Crippen molar-refractivity contribution < 1.29 is 4.79 Å². The Hall–Kier alpha value is -1.18. The number of carbonyl (C=O) groups is 1. The first-order valence-electron chi connectivity index (χ1n) is 7.72. The largest absolute Gasteiger partial charge is 0.299 e. The highest BCUT2D eigenvalue weighted by atomic mass is 16.1. The summed E-state index contributed by atoms with van der Waals surface area (Å²) >= 11 is 0. The van der Waals surface area contributed by atoms with Crippen LogP contribution in [0.1, 0.15) is 37.8 Å². The van der Waals surface area contributed by atoms with Crippen molar-refractivity contribution in [2.45, 2.75) is 38.5 Å². The monoisotopic (exact) mass is 255 g/mol. The van der Waals surface area contributed by atoms with E-state index in [1.807, 2.05) is 18.2 Å². The molecule has 19 heavy (non-hydrogen) atoms. The molecular weight excluding hydrogens is 234 g/mol. The molecule has 2 heteroatoms. The number of hydrogen-bond donors (Lipinski definition) is 0. The zero-order chi connectivity index (χ0) is 12.8. The third kappa shape index (κ3) is 2.01. The molecule has 4 bridgehead atoms. The predicted molar refractivity (Wildman–Crippen MR) is 73.5 cm³/mol. The second kappa shape index (κ2) is 4.43. The minimum atomic E-state index is 0.356. The van der Waals surface area contributed by atoms with E-state index in [4.69, 9.17) is 0 Å². The van der Waals surface area contributed by atoms with Gasteiger partial charge in [-0.05, 0) is 67.9 Å². The molecule has 2 nitrogen and oxygen atoms in total. The molecule has 0 unspecified atom stereocenters. The summed E-state index contributed by atoms with van der Waals surface area (Å²) in [5.41, 5.74) is 0.946. The van der Waals surface area contributed by atoms with E-state index in [9.17, 15) is 4.79 Å². The molecule has 0 amide bonds. The summed E-state index contributed by atoms with van der Waals surface area (Å²) in [6, 6.07) is 5.87. The average molecular weight is 255 g/mol. The van der Waals surface area contributed by atoms with Gasteiger partial charge in [-0.1, -0.05) is 6.07 Å². The molecule has 4 aliphatic rings. The molecule has 0 saturated heterocycles. The molecule has 5 rings (SSSR count). The maximum atomic E-state index is 12.7. The minimum absolute atomic E-state index is 0.356. The molecule has 0 aliphatic heterocycles. The second-order valence-electron chi connectivity index (χ2n) is 6.92. The van der Waals surface area contributed by atoms with Gasteiger partial charge in [-0.15, -0.1) is 0 Å². The average Bonchev–Trinajstić information content (AvgIpc) is 2.38. The van der Waals surface area contributed by atoms with E-state index in [2.05, 4.69) is 4.98 Å². The van der Waals surface area contributed by atoms with Crippen LogP contribution in [-0.4, -0.2) is 10.8 Å². The lowest BCUT2D eigenvalue weighted by Crippen LogP contribution is -2.48. The van der Waals surface area contributed by atoms with Gasteiger partial charge >= 0.3 is 0 Å². The zero-order valence-electron chi connectivity index (χ0n) is 11.3. The Morgan fingerprint density at radius 1 is 1.05 bits per heavy atom. The number of carbonyl (C=O) groups excluding carboxylic acids is 1. The lowest BCUT2D eigenvalue weighted by molar-refractivity contribution is -0.135. The van der Waals surface area contributed by atoms with Gasteiger partial charge in [0.2, 0.25) is 0 Å². The maximum Gasteiger partial charge on any atom is 0.142 e. The molecule has 1 aromatic heterocycles. The van der Waals surface area contributed by atoms with Crippen molar-refractivity contribution in [3.05, 3.63) is 30.1 Å². The number of rotatable bonds is 3. The number of aromatic nitrogens is 1. The van der Waals surface area contributed by atoms with E-state index in [1.54, 1.807) is 6.20 Å². The lowest BCUT2D eigenvalue weighted by Gasteiger charge is -2.53. The summed E-state index contributed by atoms with van der Waals surface area (Å²) in [5.74, 6) is 4.12. The van der Waals surface area contributed by atoms with Crippen molar-refractivity contribution in [3.63, 3.8) is 0 Å². The van der Waals surface area contributed by atoms with Crippen LogP contribution in [0.2, 0.25) is 0 Å². The first-order chi connectivity index (χ1) is 9.29. The summed E-state index contributed by atoms with van der Waals surface area (Å²) in [6.07, 6.45) is 9.09. The molecule has 1 aromatic rings. The molecule has 0 atom stereocenters. The SMILES string of the molecule is O=C(Cc1ccccn1)C1C2CC3CC(C2)CC1C3. The maximum absolute atomic E-state index is 12.7. The van der Waals surface area contributed by atoms with E-state index in [0.717, 1.165) is 17.5 Å². The Morgan fingerprint density at radius 3 is 2.32 bits per heavy atom. The number of nitrogens with zero attached hydrogens (tertiary/aromatic N) is 1. The standard InChI is InChI=1S/C17H21NO/c19-16(10-15-3-1-2-4-18-15)17-13-6-11-5-12(8-13)9-14(17)7-11/h1-4,11-14,17H,5-10H2. The van der Waals surface area contributed by atoms with Crippen LogP contribution in [0.3, 0.4) is 0 Å². The molecule has 0 radical (unpaired) electrons. The fourth-order valence-electron chi connectivity index (χ4n) is 5.25. The van der Waals surface area contributed by atoms with Gasteiger partial charge in [0, 0.05) is 24.2 Å². The molecule has 1 heterocycles. The Bertz CT molecular complexity index is 453. The summed E-state index contributed by atoms with van der Waals surface area (Å²) in [4.78, 5) is 17.0. The van der Waals surface area contributed by atoms with Crippen LogP contribution >= 0.6 is 0 Å². The van der Waals surface area contributed by atoms with E-state index >= 15 is 0 Å². The molecule has 4 fully saturated rings. The molecule has 4 saturated carbocycles. The van der Waals surface area contributed by atoms with Crippen molar-refractivity contribution >= 4 is 5.78 Å². The number of ketones is 1. The number of Topliss-reactive ketones (excluding diaryl/α,β-unsaturated/α-hetero) is 1. The molecule has 0 aromatic carbocycles. The van der Waals surface area contributed by atoms with Crippen molar-refractivity contribution in [3.8, 4) is 0 Å². The summed E-state index contributed by atoms with van der Waals surface area (Å²) < 4.78 is 0. The van der Waals surface area contributed by atoms with Crippen LogP contribution < -0.4 is 0 Å². The Kier molecular flexibility index (Phi) is 2.71. The molecular formula is C17H21NO. The Labute approximate surface area is 114 Å². The quantitative estimate of drug-likeness (QED) is 0.829. The molecule has 0 spiro atoms. The third-order valence-electron chi connectivity index (χ3n) is 5.68. The predicted octanol–water partition coefficient (Wildman–Crippen LogP) is 3.27. The lowest BCUT2D eigenvalue weighted by atomic mass is 9.51. The Morgan fingerprint density at radius 2 is 1.74 bits per heavy atom. The van der Waals surface area contributed by atoms with Gasteiger partial charge in [0.15, 0.2) is 0 Å². The topological polar surface area (TPSA) is 30.0 Å². The highest BCUT2D eigenvalue weighted by molar-refractivity contribution is 5.83. The van der Waals surface area contributed by atoms with Crippen LogP contribution in [0.5, 0.6) is 0 Å². The fourth-order valence-corrected chi connectivity index (χ4v) is 5.25. The first-order valence-corrected chi connectivity index (χ1v) is 7.72. The van der Waals surface area contributed by atoms with Gasteiger partial charge in [0.25, 0.3) is 0 Å². The smallest absolute Gasteiger partial charge is 0.142 e. The van der Waals surface area contributed by atoms with E-state index < -0.39 is 0 Å².